The molecule has 1 aromatic rings. The Morgan fingerprint density at radius 3 is 2.65 bits per heavy atom. The highest BCUT2D eigenvalue weighted by molar-refractivity contribution is 9.10. The first-order valence-electron chi connectivity index (χ1n) is 6.71. The largest absolute Gasteiger partial charge is 0.313 e. The van der Waals surface area contributed by atoms with Crippen LogP contribution in [0.3, 0.4) is 0 Å². The van der Waals surface area contributed by atoms with Crippen LogP contribution in [-0.4, -0.2) is 7.05 Å². The number of halogens is 1. The monoisotopic (exact) mass is 293 g/mol. The summed E-state index contributed by atoms with van der Waals surface area (Å²) < 4.78 is 1.25. The third-order valence-corrected chi connectivity index (χ3v) is 5.49. The molecule has 0 aromatic heterocycles. The van der Waals surface area contributed by atoms with Crippen molar-refractivity contribution in [2.24, 2.45) is 17.8 Å². The van der Waals surface area contributed by atoms with Crippen LogP contribution in [0.1, 0.15) is 37.3 Å². The van der Waals surface area contributed by atoms with Gasteiger partial charge in [-0.15, -0.1) is 0 Å². The number of benzene rings is 1. The standard InChI is InChI=1S/C15H20BrN/c1-17-15(12-4-2-3-5-14(12)16)13-9-10-6-7-11(13)8-10/h2-5,10-11,13,15,17H,6-9H2,1H3. The average Bonchev–Trinajstić information content (AvgIpc) is 2.95. The lowest BCUT2D eigenvalue weighted by Gasteiger charge is -2.31. The second kappa shape index (κ2) is 4.74. The third kappa shape index (κ3) is 2.06. The van der Waals surface area contributed by atoms with Crippen molar-refractivity contribution in [3.63, 3.8) is 0 Å². The summed E-state index contributed by atoms with van der Waals surface area (Å²) in [5.74, 6) is 2.82. The molecular formula is C15H20BrN. The third-order valence-electron chi connectivity index (χ3n) is 4.77. The van der Waals surface area contributed by atoms with Crippen molar-refractivity contribution in [2.75, 3.05) is 7.05 Å². The maximum Gasteiger partial charge on any atom is 0.0360 e. The fourth-order valence-corrected chi connectivity index (χ4v) is 4.56. The Bertz CT molecular complexity index is 404. The van der Waals surface area contributed by atoms with Crippen molar-refractivity contribution < 1.29 is 0 Å². The quantitative estimate of drug-likeness (QED) is 0.883. The van der Waals surface area contributed by atoms with Crippen molar-refractivity contribution in [1.29, 1.82) is 0 Å². The predicted molar refractivity (Wildman–Crippen MR) is 74.9 cm³/mol. The molecule has 92 valence electrons. The van der Waals surface area contributed by atoms with Crippen molar-refractivity contribution in [1.82, 2.24) is 5.32 Å². The van der Waals surface area contributed by atoms with Crippen LogP contribution in [0.15, 0.2) is 28.7 Å². The van der Waals surface area contributed by atoms with E-state index in [1.165, 1.54) is 35.7 Å². The van der Waals surface area contributed by atoms with E-state index in [9.17, 15) is 0 Å². The zero-order valence-corrected chi connectivity index (χ0v) is 11.9. The van der Waals surface area contributed by atoms with Crippen LogP contribution >= 0.6 is 15.9 Å². The van der Waals surface area contributed by atoms with Gasteiger partial charge in [0.05, 0.1) is 0 Å². The molecule has 2 saturated carbocycles. The van der Waals surface area contributed by atoms with E-state index in [4.69, 9.17) is 0 Å². The molecule has 1 nitrogen and oxygen atoms in total. The fraction of sp³-hybridized carbons (Fsp3) is 0.600. The van der Waals surface area contributed by atoms with Crippen LogP contribution in [0, 0.1) is 17.8 Å². The molecule has 2 heteroatoms. The minimum atomic E-state index is 0.529. The van der Waals surface area contributed by atoms with Gasteiger partial charge in [0.25, 0.3) is 0 Å². The van der Waals surface area contributed by atoms with Gasteiger partial charge in [-0.25, -0.2) is 0 Å². The summed E-state index contributed by atoms with van der Waals surface area (Å²) in [4.78, 5) is 0. The van der Waals surface area contributed by atoms with E-state index in [0.717, 1.165) is 17.8 Å². The van der Waals surface area contributed by atoms with Crippen molar-refractivity contribution in [2.45, 2.75) is 31.7 Å². The van der Waals surface area contributed by atoms with Crippen molar-refractivity contribution in [3.05, 3.63) is 34.3 Å². The van der Waals surface area contributed by atoms with Gasteiger partial charge in [0.1, 0.15) is 0 Å². The molecule has 1 aromatic carbocycles. The highest BCUT2D eigenvalue weighted by atomic mass is 79.9. The van der Waals surface area contributed by atoms with Crippen molar-refractivity contribution in [3.8, 4) is 0 Å². The molecule has 2 fully saturated rings. The Labute approximate surface area is 112 Å². The summed E-state index contributed by atoms with van der Waals surface area (Å²) in [7, 11) is 2.11. The zero-order chi connectivity index (χ0) is 11.8. The van der Waals surface area contributed by atoms with E-state index in [2.05, 4.69) is 52.6 Å². The lowest BCUT2D eigenvalue weighted by atomic mass is 9.80. The normalized spacial score (nSPS) is 32.9. The molecule has 0 aliphatic heterocycles. The van der Waals surface area contributed by atoms with E-state index < -0.39 is 0 Å². The van der Waals surface area contributed by atoms with E-state index in [0.29, 0.717) is 6.04 Å². The highest BCUT2D eigenvalue weighted by Crippen LogP contribution is 2.52. The van der Waals surface area contributed by atoms with Crippen LogP contribution in [0.4, 0.5) is 0 Å². The Morgan fingerprint density at radius 1 is 1.24 bits per heavy atom. The van der Waals surface area contributed by atoms with Gasteiger partial charge in [-0.2, -0.15) is 0 Å². The molecule has 0 radical (unpaired) electrons. The van der Waals surface area contributed by atoms with Gasteiger partial charge < -0.3 is 5.32 Å². The lowest BCUT2D eigenvalue weighted by Crippen LogP contribution is -2.29. The Hall–Kier alpha value is -0.340. The minimum Gasteiger partial charge on any atom is -0.313 e. The number of nitrogens with one attached hydrogen (secondary N) is 1. The van der Waals surface area contributed by atoms with E-state index >= 15 is 0 Å². The van der Waals surface area contributed by atoms with Gasteiger partial charge in [-0.3, -0.25) is 0 Å². The van der Waals surface area contributed by atoms with Gasteiger partial charge in [0, 0.05) is 10.5 Å². The summed E-state index contributed by atoms with van der Waals surface area (Å²) >= 11 is 3.70. The molecule has 0 saturated heterocycles. The molecule has 0 heterocycles. The lowest BCUT2D eigenvalue weighted by molar-refractivity contribution is 0.259. The summed E-state index contributed by atoms with van der Waals surface area (Å²) in [6, 6.07) is 9.20. The summed E-state index contributed by atoms with van der Waals surface area (Å²) in [5, 5.41) is 3.56. The molecule has 3 rings (SSSR count). The van der Waals surface area contributed by atoms with Crippen LogP contribution in [0.2, 0.25) is 0 Å². The second-order valence-corrected chi connectivity index (χ2v) is 6.48. The zero-order valence-electron chi connectivity index (χ0n) is 10.3. The molecule has 1 N–H and O–H groups in total. The molecular weight excluding hydrogens is 274 g/mol. The Kier molecular flexibility index (Phi) is 3.27. The molecule has 2 aliphatic carbocycles. The first-order valence-corrected chi connectivity index (χ1v) is 7.50. The first-order chi connectivity index (χ1) is 8.29. The van der Waals surface area contributed by atoms with Gasteiger partial charge in [0.15, 0.2) is 0 Å². The minimum absolute atomic E-state index is 0.529. The SMILES string of the molecule is CNC(c1ccccc1Br)C1CC2CCC1C2. The van der Waals surface area contributed by atoms with E-state index in [1.54, 1.807) is 0 Å². The van der Waals surface area contributed by atoms with Gasteiger partial charge in [-0.05, 0) is 55.7 Å². The second-order valence-electron chi connectivity index (χ2n) is 5.63. The predicted octanol–water partition coefficient (Wildman–Crippen LogP) is 4.15. The molecule has 0 spiro atoms. The van der Waals surface area contributed by atoms with Crippen LogP contribution in [0.5, 0.6) is 0 Å². The molecule has 0 amide bonds. The summed E-state index contributed by atoms with van der Waals surface area (Å²) in [6.07, 6.45) is 5.84. The fourth-order valence-electron chi connectivity index (χ4n) is 4.03. The number of hydrogen-bond donors (Lipinski definition) is 1. The smallest absolute Gasteiger partial charge is 0.0360 e. The summed E-state index contributed by atoms with van der Waals surface area (Å²) in [6.45, 7) is 0. The van der Waals surface area contributed by atoms with E-state index in [1.807, 2.05) is 0 Å². The number of fused-ring (bicyclic) bond motifs is 2. The maximum absolute atomic E-state index is 3.70. The van der Waals surface area contributed by atoms with Crippen molar-refractivity contribution >= 4 is 15.9 Å². The summed E-state index contributed by atoms with van der Waals surface area (Å²) in [5.41, 5.74) is 1.44. The highest BCUT2D eigenvalue weighted by Gasteiger charge is 2.43. The van der Waals surface area contributed by atoms with Crippen LogP contribution in [0.25, 0.3) is 0 Å². The topological polar surface area (TPSA) is 12.0 Å². The van der Waals surface area contributed by atoms with Crippen LogP contribution < -0.4 is 5.32 Å². The van der Waals surface area contributed by atoms with Gasteiger partial charge >= 0.3 is 0 Å². The maximum atomic E-state index is 3.70. The molecule has 4 atom stereocenters. The molecule has 2 bridgehead atoms. The van der Waals surface area contributed by atoms with Gasteiger partial charge in [0.2, 0.25) is 0 Å². The van der Waals surface area contributed by atoms with E-state index in [-0.39, 0.29) is 0 Å². The average molecular weight is 294 g/mol. The number of hydrogen-bond acceptors (Lipinski definition) is 1. The van der Waals surface area contributed by atoms with Crippen LogP contribution in [-0.2, 0) is 0 Å². The van der Waals surface area contributed by atoms with Gasteiger partial charge in [-0.1, -0.05) is 40.5 Å². The molecule has 17 heavy (non-hydrogen) atoms. The first kappa shape index (κ1) is 11.7. The molecule has 2 aliphatic rings. The Balaban J connectivity index is 1.87. The molecule has 4 unspecified atom stereocenters. The number of rotatable bonds is 3. The Morgan fingerprint density at radius 2 is 2.06 bits per heavy atom.